The average molecular weight is 364 g/mol. The van der Waals surface area contributed by atoms with E-state index in [0.29, 0.717) is 13.2 Å². The highest BCUT2D eigenvalue weighted by atomic mass is 127. The molecule has 0 heterocycles. The molecule has 0 spiro atoms. The lowest BCUT2D eigenvalue weighted by atomic mass is 10.3. The highest BCUT2D eigenvalue weighted by Crippen LogP contribution is 2.19. The van der Waals surface area contributed by atoms with Crippen LogP contribution < -0.4 is 9.64 Å². The Morgan fingerprint density at radius 2 is 1.78 bits per heavy atom. The van der Waals surface area contributed by atoms with Crippen LogP contribution in [-0.2, 0) is 4.74 Å². The summed E-state index contributed by atoms with van der Waals surface area (Å²) in [6.45, 7) is 9.91. The van der Waals surface area contributed by atoms with E-state index in [4.69, 9.17) is 9.47 Å². The normalized spacial score (nSPS) is 10.9. The molecule has 1 rings (SSSR count). The Balaban J connectivity index is 2.07. The van der Waals surface area contributed by atoms with E-state index in [1.807, 2.05) is 24.3 Å². The Kier molecular flexibility index (Phi) is 8.37. The van der Waals surface area contributed by atoms with Crippen molar-refractivity contribution in [1.29, 1.82) is 0 Å². The molecule has 0 fully saturated rings. The molecule has 1 N–H and O–H groups in total. The number of halogens is 1. The second-order valence-electron chi connectivity index (χ2n) is 4.10. The smallest absolute Gasteiger partial charge is 0.132 e. The summed E-state index contributed by atoms with van der Waals surface area (Å²) in [7, 11) is 0. The maximum atomic E-state index is 5.66. The lowest BCUT2D eigenvalue weighted by Crippen LogP contribution is -3.11. The third kappa shape index (κ3) is 6.02. The van der Waals surface area contributed by atoms with Crippen molar-refractivity contribution in [3.05, 3.63) is 27.8 Å². The van der Waals surface area contributed by atoms with E-state index in [-0.39, 0.29) is 0 Å². The van der Waals surface area contributed by atoms with Crippen molar-refractivity contribution < 1.29 is 14.4 Å². The van der Waals surface area contributed by atoms with E-state index >= 15 is 0 Å². The Morgan fingerprint density at radius 1 is 1.06 bits per heavy atom. The summed E-state index contributed by atoms with van der Waals surface area (Å²) in [6, 6.07) is 8.03. The molecule has 18 heavy (non-hydrogen) atoms. The first-order chi connectivity index (χ1) is 8.77. The molecule has 1 aromatic rings. The molecule has 4 heteroatoms. The molecule has 0 aliphatic rings. The second kappa shape index (κ2) is 9.58. The molecular weight excluding hydrogens is 341 g/mol. The van der Waals surface area contributed by atoms with Gasteiger partial charge in [-0.05, 0) is 48.6 Å². The quantitative estimate of drug-likeness (QED) is 0.532. The van der Waals surface area contributed by atoms with E-state index in [1.165, 1.54) is 13.1 Å². The zero-order valence-electron chi connectivity index (χ0n) is 11.2. The van der Waals surface area contributed by atoms with Crippen LogP contribution in [0.2, 0.25) is 0 Å². The van der Waals surface area contributed by atoms with Gasteiger partial charge < -0.3 is 14.4 Å². The first-order valence-corrected chi connectivity index (χ1v) is 7.64. The summed E-state index contributed by atoms with van der Waals surface area (Å²) in [5, 5.41) is 0. The number of para-hydroxylation sites is 1. The monoisotopic (exact) mass is 364 g/mol. The molecule has 0 unspecified atom stereocenters. The first-order valence-electron chi connectivity index (χ1n) is 6.56. The first kappa shape index (κ1) is 15.7. The van der Waals surface area contributed by atoms with E-state index in [1.54, 1.807) is 4.90 Å². The predicted octanol–water partition coefficient (Wildman–Crippen LogP) is 1.61. The molecule has 0 aliphatic carbocycles. The fourth-order valence-electron chi connectivity index (χ4n) is 1.69. The van der Waals surface area contributed by atoms with E-state index in [0.717, 1.165) is 22.5 Å². The Hall–Kier alpha value is -0.330. The minimum atomic E-state index is 0.619. The van der Waals surface area contributed by atoms with Gasteiger partial charge in [-0.15, -0.1) is 0 Å². The zero-order valence-corrected chi connectivity index (χ0v) is 13.4. The van der Waals surface area contributed by atoms with Gasteiger partial charge in [-0.25, -0.2) is 0 Å². The van der Waals surface area contributed by atoms with E-state index in [2.05, 4.69) is 36.4 Å². The Morgan fingerprint density at radius 3 is 2.44 bits per heavy atom. The van der Waals surface area contributed by atoms with Crippen molar-refractivity contribution in [2.75, 3.05) is 39.5 Å². The highest BCUT2D eigenvalue weighted by Gasteiger charge is 2.02. The highest BCUT2D eigenvalue weighted by molar-refractivity contribution is 14.1. The van der Waals surface area contributed by atoms with Crippen LogP contribution in [0.25, 0.3) is 0 Å². The van der Waals surface area contributed by atoms with Crippen LogP contribution in [0.1, 0.15) is 13.8 Å². The van der Waals surface area contributed by atoms with Crippen LogP contribution in [0.3, 0.4) is 0 Å². The summed E-state index contributed by atoms with van der Waals surface area (Å²) in [6.07, 6.45) is 0. The molecule has 3 nitrogen and oxygen atoms in total. The predicted molar refractivity (Wildman–Crippen MR) is 82.4 cm³/mol. The number of hydrogen-bond acceptors (Lipinski definition) is 2. The van der Waals surface area contributed by atoms with Gasteiger partial charge in [-0.2, -0.15) is 0 Å². The molecule has 0 atom stereocenters. The second-order valence-corrected chi connectivity index (χ2v) is 5.26. The van der Waals surface area contributed by atoms with Crippen molar-refractivity contribution in [3.8, 4) is 5.75 Å². The van der Waals surface area contributed by atoms with Crippen LogP contribution in [0.5, 0.6) is 5.75 Å². The van der Waals surface area contributed by atoms with Crippen LogP contribution in [0, 0.1) is 3.57 Å². The van der Waals surface area contributed by atoms with Crippen LogP contribution >= 0.6 is 22.6 Å². The van der Waals surface area contributed by atoms with Crippen LogP contribution in [-0.4, -0.2) is 39.5 Å². The van der Waals surface area contributed by atoms with Crippen molar-refractivity contribution in [2.45, 2.75) is 13.8 Å². The fourth-order valence-corrected chi connectivity index (χ4v) is 2.24. The van der Waals surface area contributed by atoms with Gasteiger partial charge in [0.15, 0.2) is 0 Å². The number of benzene rings is 1. The van der Waals surface area contributed by atoms with Gasteiger partial charge in [0.2, 0.25) is 0 Å². The summed E-state index contributed by atoms with van der Waals surface area (Å²) < 4.78 is 12.4. The van der Waals surface area contributed by atoms with Crippen molar-refractivity contribution in [3.63, 3.8) is 0 Å². The molecule has 0 amide bonds. The van der Waals surface area contributed by atoms with Gasteiger partial charge in [-0.3, -0.25) is 0 Å². The molecule has 0 aliphatic heterocycles. The van der Waals surface area contributed by atoms with Gasteiger partial charge in [-0.1, -0.05) is 12.1 Å². The molecule has 102 valence electrons. The fraction of sp³-hybridized carbons (Fsp3) is 0.571. The summed E-state index contributed by atoms with van der Waals surface area (Å²) >= 11 is 2.28. The van der Waals surface area contributed by atoms with Gasteiger partial charge in [0.1, 0.15) is 18.9 Å². The molecule has 0 aromatic heterocycles. The van der Waals surface area contributed by atoms with Gasteiger partial charge in [0.05, 0.1) is 29.9 Å². The number of likely N-dealkylation sites (N-methyl/N-ethyl adjacent to an activating group) is 1. The van der Waals surface area contributed by atoms with Gasteiger partial charge in [0, 0.05) is 0 Å². The van der Waals surface area contributed by atoms with Crippen LogP contribution in [0.15, 0.2) is 24.3 Å². The summed E-state index contributed by atoms with van der Waals surface area (Å²) in [5.41, 5.74) is 0. The molecule has 1 aromatic carbocycles. The number of quaternary nitrogens is 1. The third-order valence-electron chi connectivity index (χ3n) is 2.92. The lowest BCUT2D eigenvalue weighted by Gasteiger charge is -2.15. The van der Waals surface area contributed by atoms with Crippen molar-refractivity contribution in [1.82, 2.24) is 0 Å². The topological polar surface area (TPSA) is 22.9 Å². The van der Waals surface area contributed by atoms with E-state index in [9.17, 15) is 0 Å². The minimum Gasteiger partial charge on any atom is -0.490 e. The maximum absolute atomic E-state index is 5.66. The molecule has 0 radical (unpaired) electrons. The van der Waals surface area contributed by atoms with Crippen molar-refractivity contribution in [2.24, 2.45) is 0 Å². The molecule has 0 saturated carbocycles. The van der Waals surface area contributed by atoms with Gasteiger partial charge >= 0.3 is 0 Å². The minimum absolute atomic E-state index is 0.619. The number of nitrogens with one attached hydrogen (secondary N) is 1. The SMILES string of the molecule is CC[NH+](CC)CCOCCOc1ccccc1I. The lowest BCUT2D eigenvalue weighted by molar-refractivity contribution is -0.896. The molecular formula is C14H23INO2+. The third-order valence-corrected chi connectivity index (χ3v) is 3.81. The standard InChI is InChI=1S/C14H22INO2/c1-3-16(4-2)9-10-17-11-12-18-14-8-6-5-7-13(14)15/h5-8H,3-4,9-12H2,1-2H3/p+1. The number of rotatable bonds is 9. The summed E-state index contributed by atoms with van der Waals surface area (Å²) in [5.74, 6) is 0.941. The van der Waals surface area contributed by atoms with Gasteiger partial charge in [0.25, 0.3) is 0 Å². The van der Waals surface area contributed by atoms with E-state index < -0.39 is 0 Å². The van der Waals surface area contributed by atoms with Crippen LogP contribution in [0.4, 0.5) is 0 Å². The number of ether oxygens (including phenoxy) is 2. The summed E-state index contributed by atoms with van der Waals surface area (Å²) in [4.78, 5) is 1.58. The molecule has 0 bridgehead atoms. The average Bonchev–Trinajstić information content (AvgIpc) is 2.40. The number of hydrogen-bond donors (Lipinski definition) is 1. The van der Waals surface area contributed by atoms with Crippen molar-refractivity contribution >= 4 is 22.6 Å². The molecule has 0 saturated heterocycles. The Labute approximate surface area is 124 Å². The maximum Gasteiger partial charge on any atom is 0.132 e. The zero-order chi connectivity index (χ0) is 13.2. The Bertz CT molecular complexity index is 329. The largest absolute Gasteiger partial charge is 0.490 e.